The summed E-state index contributed by atoms with van der Waals surface area (Å²) in [4.78, 5) is 7.83. The molecule has 13 heavy (non-hydrogen) atoms. The Kier molecular flexibility index (Phi) is 2.06. The molecular formula is C8H7ClN2OP+. The number of aromatic nitrogens is 2. The Morgan fingerprint density at radius 1 is 1.54 bits per heavy atom. The number of halogens is 1. The van der Waals surface area contributed by atoms with Crippen LogP contribution in [0.2, 0.25) is 5.15 Å². The molecule has 0 amide bonds. The molecule has 0 aliphatic rings. The van der Waals surface area contributed by atoms with Crippen molar-refractivity contribution in [1.29, 1.82) is 0 Å². The van der Waals surface area contributed by atoms with E-state index in [1.807, 2.05) is 12.7 Å². The van der Waals surface area contributed by atoms with Crippen molar-refractivity contribution in [2.45, 2.75) is 0 Å². The quantitative estimate of drug-likeness (QED) is 0.538. The predicted molar refractivity (Wildman–Crippen MR) is 56.4 cm³/mol. The molecule has 0 aliphatic carbocycles. The lowest BCUT2D eigenvalue weighted by molar-refractivity contribution is 0.639. The third-order valence-corrected chi connectivity index (χ3v) is 2.92. The van der Waals surface area contributed by atoms with Gasteiger partial charge in [-0.3, -0.25) is 0 Å². The first-order valence-corrected chi connectivity index (χ1v) is 5.98. The number of hydrogen-bond acceptors (Lipinski definition) is 3. The lowest BCUT2D eigenvalue weighted by atomic mass is 10.4. The molecule has 0 aromatic carbocycles. The van der Waals surface area contributed by atoms with Gasteiger partial charge in [0.1, 0.15) is 18.1 Å². The zero-order chi connectivity index (χ0) is 9.42. The highest BCUT2D eigenvalue weighted by Crippen LogP contribution is 2.23. The standard InChI is InChI=1S/C8H7ClN2OP/c1-13(2)6-3-5-7(9)10-4-11-8(5)12-6/h3-4H,1H2,2H3/q+1. The summed E-state index contributed by atoms with van der Waals surface area (Å²) in [5, 5.41) is 1.19. The molecule has 1 atom stereocenters. The summed E-state index contributed by atoms with van der Waals surface area (Å²) in [6, 6.07) is 1.86. The molecular weight excluding hydrogens is 207 g/mol. The van der Waals surface area contributed by atoms with Crippen LogP contribution in [-0.4, -0.2) is 22.9 Å². The molecule has 0 fully saturated rings. The number of furan rings is 1. The van der Waals surface area contributed by atoms with Crippen molar-refractivity contribution >= 4 is 42.0 Å². The molecule has 5 heteroatoms. The zero-order valence-electron chi connectivity index (χ0n) is 6.99. The smallest absolute Gasteiger partial charge is 0.304 e. The van der Waals surface area contributed by atoms with E-state index >= 15 is 0 Å². The van der Waals surface area contributed by atoms with Crippen molar-refractivity contribution in [1.82, 2.24) is 9.97 Å². The van der Waals surface area contributed by atoms with Gasteiger partial charge in [-0.1, -0.05) is 11.6 Å². The van der Waals surface area contributed by atoms with E-state index in [9.17, 15) is 0 Å². The van der Waals surface area contributed by atoms with Crippen LogP contribution in [0.3, 0.4) is 0 Å². The SMILES string of the molecule is C=[P+](C)c1cc2c(Cl)ncnc2o1. The van der Waals surface area contributed by atoms with Crippen molar-refractivity contribution < 1.29 is 4.42 Å². The molecule has 0 saturated carbocycles. The van der Waals surface area contributed by atoms with Crippen LogP contribution in [0.1, 0.15) is 0 Å². The number of hydrogen-bond donors (Lipinski definition) is 0. The van der Waals surface area contributed by atoms with Gasteiger partial charge in [0.2, 0.25) is 5.71 Å². The highest BCUT2D eigenvalue weighted by atomic mass is 35.5. The van der Waals surface area contributed by atoms with Gasteiger partial charge in [0.05, 0.1) is 11.7 Å². The summed E-state index contributed by atoms with van der Waals surface area (Å²) in [6.45, 7) is 2.01. The zero-order valence-corrected chi connectivity index (χ0v) is 8.64. The fourth-order valence-corrected chi connectivity index (χ4v) is 1.77. The van der Waals surface area contributed by atoms with Crippen LogP contribution in [0, 0.1) is 0 Å². The van der Waals surface area contributed by atoms with Gasteiger partial charge in [-0.05, 0) is 0 Å². The van der Waals surface area contributed by atoms with Gasteiger partial charge in [0.25, 0.3) is 0 Å². The highest BCUT2D eigenvalue weighted by Gasteiger charge is 2.14. The molecule has 0 N–H and O–H groups in total. The summed E-state index contributed by atoms with van der Waals surface area (Å²) in [5.41, 5.74) is 1.38. The van der Waals surface area contributed by atoms with Gasteiger partial charge >= 0.3 is 5.50 Å². The Morgan fingerprint density at radius 3 is 2.92 bits per heavy atom. The van der Waals surface area contributed by atoms with Gasteiger partial charge in [-0.2, -0.15) is 0 Å². The van der Waals surface area contributed by atoms with E-state index in [2.05, 4.69) is 16.3 Å². The second-order valence-electron chi connectivity index (χ2n) is 2.67. The maximum absolute atomic E-state index is 5.85. The summed E-state index contributed by atoms with van der Waals surface area (Å²) in [5.74, 6) is 0. The van der Waals surface area contributed by atoms with Crippen LogP contribution >= 0.6 is 19.1 Å². The average Bonchev–Trinajstić information content (AvgIpc) is 2.49. The van der Waals surface area contributed by atoms with Gasteiger partial charge in [0.15, 0.2) is 7.55 Å². The van der Waals surface area contributed by atoms with E-state index in [-0.39, 0.29) is 0 Å². The molecule has 2 rings (SSSR count). The molecule has 2 aromatic rings. The second-order valence-corrected chi connectivity index (χ2v) is 4.86. The number of fused-ring (bicyclic) bond motifs is 1. The van der Waals surface area contributed by atoms with Crippen molar-refractivity contribution in [2.24, 2.45) is 0 Å². The van der Waals surface area contributed by atoms with Crippen LogP contribution in [0.5, 0.6) is 0 Å². The summed E-state index contributed by atoms with van der Waals surface area (Å²) in [6.07, 6.45) is 5.30. The number of rotatable bonds is 1. The highest BCUT2D eigenvalue weighted by molar-refractivity contribution is 7.62. The van der Waals surface area contributed by atoms with Crippen molar-refractivity contribution in [3.05, 3.63) is 17.5 Å². The molecule has 2 aromatic heterocycles. The van der Waals surface area contributed by atoms with Gasteiger partial charge in [-0.15, -0.1) is 0 Å². The lowest BCUT2D eigenvalue weighted by Gasteiger charge is -1.86. The van der Waals surface area contributed by atoms with E-state index in [0.29, 0.717) is 10.9 Å². The van der Waals surface area contributed by atoms with E-state index in [1.165, 1.54) is 6.33 Å². The normalized spacial score (nSPS) is 12.0. The monoisotopic (exact) mass is 213 g/mol. The molecule has 1 unspecified atom stereocenters. The van der Waals surface area contributed by atoms with E-state index in [1.54, 1.807) is 0 Å². The first-order valence-electron chi connectivity index (χ1n) is 3.63. The first-order chi connectivity index (χ1) is 6.18. The Balaban J connectivity index is 2.75. The Morgan fingerprint density at radius 2 is 2.31 bits per heavy atom. The Labute approximate surface area is 81.1 Å². The summed E-state index contributed by atoms with van der Waals surface area (Å²) < 4.78 is 5.44. The fourth-order valence-electron chi connectivity index (χ4n) is 1.00. The topological polar surface area (TPSA) is 38.9 Å². The minimum absolute atomic E-state index is 0.428. The number of nitrogens with zero attached hydrogens (tertiary/aromatic N) is 2. The first kappa shape index (κ1) is 8.67. The van der Waals surface area contributed by atoms with Crippen LogP contribution in [0.15, 0.2) is 16.8 Å². The van der Waals surface area contributed by atoms with Crippen molar-refractivity contribution in [3.63, 3.8) is 0 Å². The van der Waals surface area contributed by atoms with E-state index < -0.39 is 7.55 Å². The Hall–Kier alpha value is -0.920. The largest absolute Gasteiger partial charge is 0.402 e. The third kappa shape index (κ3) is 1.45. The lowest BCUT2D eigenvalue weighted by Crippen LogP contribution is -1.86. The van der Waals surface area contributed by atoms with E-state index in [0.717, 1.165) is 10.9 Å². The minimum atomic E-state index is -0.498. The molecule has 0 saturated heterocycles. The van der Waals surface area contributed by atoms with Crippen LogP contribution < -0.4 is 5.50 Å². The van der Waals surface area contributed by atoms with Crippen molar-refractivity contribution in [3.8, 4) is 0 Å². The maximum Gasteiger partial charge on any atom is 0.304 e. The van der Waals surface area contributed by atoms with Crippen molar-refractivity contribution in [2.75, 3.05) is 6.66 Å². The molecule has 0 spiro atoms. The van der Waals surface area contributed by atoms with E-state index in [4.69, 9.17) is 16.0 Å². The molecule has 2 heterocycles. The predicted octanol–water partition coefficient (Wildman–Crippen LogP) is 2.05. The van der Waals surface area contributed by atoms with Crippen LogP contribution in [-0.2, 0) is 0 Å². The van der Waals surface area contributed by atoms with Crippen LogP contribution in [0.4, 0.5) is 0 Å². The molecule has 0 aliphatic heterocycles. The summed E-state index contributed by atoms with van der Waals surface area (Å²) >= 11 is 5.85. The summed E-state index contributed by atoms with van der Waals surface area (Å²) in [7, 11) is -0.498. The van der Waals surface area contributed by atoms with Gasteiger partial charge in [-0.25, -0.2) is 9.97 Å². The van der Waals surface area contributed by atoms with Gasteiger partial charge < -0.3 is 4.42 Å². The Bertz CT molecular complexity index is 480. The third-order valence-electron chi connectivity index (χ3n) is 1.64. The molecule has 3 nitrogen and oxygen atoms in total. The second kappa shape index (κ2) is 3.09. The molecule has 0 bridgehead atoms. The molecule has 0 radical (unpaired) electrons. The minimum Gasteiger partial charge on any atom is -0.402 e. The maximum atomic E-state index is 5.85. The average molecular weight is 214 g/mol. The molecule has 66 valence electrons. The van der Waals surface area contributed by atoms with Gasteiger partial charge in [0, 0.05) is 6.07 Å². The fraction of sp³-hybridized carbons (Fsp3) is 0.125. The van der Waals surface area contributed by atoms with Crippen LogP contribution in [0.25, 0.3) is 11.1 Å².